The van der Waals surface area contributed by atoms with Crippen LogP contribution in [-0.2, 0) is 14.8 Å². The van der Waals surface area contributed by atoms with E-state index < -0.39 is 10.0 Å². The molecule has 2 unspecified atom stereocenters. The highest BCUT2D eigenvalue weighted by Crippen LogP contribution is 2.34. The molecule has 2 aliphatic rings. The van der Waals surface area contributed by atoms with Crippen LogP contribution >= 0.6 is 11.6 Å². The molecule has 1 saturated heterocycles. The number of hydrogen-bond donors (Lipinski definition) is 1. The predicted molar refractivity (Wildman–Crippen MR) is 81.8 cm³/mol. The van der Waals surface area contributed by atoms with Gasteiger partial charge in [-0.1, -0.05) is 24.4 Å². The summed E-state index contributed by atoms with van der Waals surface area (Å²) < 4.78 is 33.2. The Bertz CT molecular complexity index is 633. The summed E-state index contributed by atoms with van der Waals surface area (Å²) in [5.74, 6) is 0. The van der Waals surface area contributed by atoms with Crippen molar-refractivity contribution >= 4 is 27.3 Å². The number of halogens is 1. The van der Waals surface area contributed by atoms with Crippen LogP contribution in [-0.4, -0.2) is 38.0 Å². The number of anilines is 1. The fraction of sp³-hybridized carbons (Fsp3) is 0.571. The molecule has 0 radical (unpaired) electrons. The Hall–Kier alpha value is -0.820. The maximum atomic E-state index is 12.9. The van der Waals surface area contributed by atoms with Crippen molar-refractivity contribution in [3.05, 3.63) is 23.2 Å². The molecular weight excluding hydrogens is 312 g/mol. The molecule has 1 aromatic rings. The van der Waals surface area contributed by atoms with Crippen LogP contribution in [0, 0.1) is 0 Å². The lowest BCUT2D eigenvalue weighted by Crippen LogP contribution is -2.54. The highest BCUT2D eigenvalue weighted by molar-refractivity contribution is 7.89. The fourth-order valence-corrected chi connectivity index (χ4v) is 5.38. The molecule has 0 spiro atoms. The van der Waals surface area contributed by atoms with Crippen molar-refractivity contribution in [1.29, 1.82) is 0 Å². The molecule has 2 N–H and O–H groups in total. The average molecular weight is 331 g/mol. The lowest BCUT2D eigenvalue weighted by Gasteiger charge is -2.42. The molecule has 116 valence electrons. The van der Waals surface area contributed by atoms with Gasteiger partial charge >= 0.3 is 0 Å². The summed E-state index contributed by atoms with van der Waals surface area (Å²) in [5, 5.41) is 0.211. The number of sulfonamides is 1. The van der Waals surface area contributed by atoms with Gasteiger partial charge < -0.3 is 10.5 Å². The largest absolute Gasteiger partial charge is 0.399 e. The van der Waals surface area contributed by atoms with E-state index in [-0.39, 0.29) is 22.1 Å². The summed E-state index contributed by atoms with van der Waals surface area (Å²) in [5.41, 5.74) is 6.11. The van der Waals surface area contributed by atoms with E-state index in [9.17, 15) is 8.42 Å². The van der Waals surface area contributed by atoms with Crippen LogP contribution in [0.25, 0.3) is 0 Å². The van der Waals surface area contributed by atoms with Crippen molar-refractivity contribution in [3.8, 4) is 0 Å². The molecule has 1 aromatic carbocycles. The van der Waals surface area contributed by atoms with Crippen LogP contribution in [0.2, 0.25) is 5.02 Å². The van der Waals surface area contributed by atoms with Gasteiger partial charge in [0.2, 0.25) is 10.0 Å². The molecule has 1 aliphatic heterocycles. The molecule has 2 atom stereocenters. The Kier molecular flexibility index (Phi) is 4.14. The lowest BCUT2D eigenvalue weighted by molar-refractivity contribution is -0.0586. The Morgan fingerprint density at radius 2 is 2.05 bits per heavy atom. The van der Waals surface area contributed by atoms with Gasteiger partial charge in [-0.25, -0.2) is 8.42 Å². The molecule has 7 heteroatoms. The zero-order chi connectivity index (χ0) is 15.0. The molecule has 5 nitrogen and oxygen atoms in total. The second-order valence-corrected chi connectivity index (χ2v) is 7.83. The number of hydrogen-bond acceptors (Lipinski definition) is 4. The first kappa shape index (κ1) is 15.1. The number of nitrogens with two attached hydrogens (primary N) is 1. The molecule has 3 rings (SSSR count). The number of morpholine rings is 1. The average Bonchev–Trinajstić information content (AvgIpc) is 2.49. The molecule has 0 aromatic heterocycles. The maximum absolute atomic E-state index is 12.9. The first-order valence-electron chi connectivity index (χ1n) is 7.18. The smallest absolute Gasteiger partial charge is 0.245 e. The summed E-state index contributed by atoms with van der Waals surface area (Å²) >= 11 is 6.08. The van der Waals surface area contributed by atoms with Crippen LogP contribution in [0.4, 0.5) is 5.69 Å². The normalized spacial score (nSPS) is 27.3. The highest BCUT2D eigenvalue weighted by atomic mass is 35.5. The molecule has 0 bridgehead atoms. The number of benzene rings is 1. The van der Waals surface area contributed by atoms with E-state index in [0.717, 1.165) is 25.7 Å². The number of nitrogen functional groups attached to an aromatic ring is 1. The Labute approximate surface area is 130 Å². The van der Waals surface area contributed by atoms with Gasteiger partial charge in [-0.3, -0.25) is 0 Å². The van der Waals surface area contributed by atoms with Crippen LogP contribution in [0.5, 0.6) is 0 Å². The molecule has 1 heterocycles. The third kappa shape index (κ3) is 2.77. The van der Waals surface area contributed by atoms with E-state index in [1.165, 1.54) is 12.1 Å². The van der Waals surface area contributed by atoms with E-state index in [2.05, 4.69) is 0 Å². The summed E-state index contributed by atoms with van der Waals surface area (Å²) in [6, 6.07) is 4.48. The number of nitrogens with zero attached hydrogens (tertiary/aromatic N) is 1. The quantitative estimate of drug-likeness (QED) is 0.844. The standard InChI is InChI=1S/C14H19ClN2O3S/c15-11-6-5-10(16)9-14(11)21(18,19)17-7-8-20-13-4-2-1-3-12(13)17/h5-6,9,12-13H,1-4,7-8,16H2. The first-order chi connectivity index (χ1) is 10.00. The second kappa shape index (κ2) is 5.76. The zero-order valence-electron chi connectivity index (χ0n) is 11.7. The number of fused-ring (bicyclic) bond motifs is 1. The van der Waals surface area contributed by atoms with E-state index in [1.54, 1.807) is 10.4 Å². The van der Waals surface area contributed by atoms with E-state index in [1.807, 2.05) is 0 Å². The molecule has 1 aliphatic carbocycles. The van der Waals surface area contributed by atoms with Crippen LogP contribution < -0.4 is 5.73 Å². The molecule has 21 heavy (non-hydrogen) atoms. The fourth-order valence-electron chi connectivity index (χ4n) is 3.20. The minimum absolute atomic E-state index is 0.00195. The van der Waals surface area contributed by atoms with Crippen molar-refractivity contribution in [3.63, 3.8) is 0 Å². The lowest BCUT2D eigenvalue weighted by atomic mass is 9.91. The van der Waals surface area contributed by atoms with Crippen molar-refractivity contribution in [2.45, 2.75) is 42.7 Å². The van der Waals surface area contributed by atoms with Crippen molar-refractivity contribution in [2.24, 2.45) is 0 Å². The van der Waals surface area contributed by atoms with Crippen LogP contribution in [0.1, 0.15) is 25.7 Å². The minimum Gasteiger partial charge on any atom is -0.399 e. The van der Waals surface area contributed by atoms with Gasteiger partial charge in [-0.15, -0.1) is 0 Å². The van der Waals surface area contributed by atoms with Gasteiger partial charge in [0.1, 0.15) is 4.90 Å². The van der Waals surface area contributed by atoms with Crippen LogP contribution in [0.15, 0.2) is 23.1 Å². The second-order valence-electron chi connectivity index (χ2n) is 5.57. The molecule has 0 amide bonds. The van der Waals surface area contributed by atoms with Gasteiger partial charge in [0.05, 0.1) is 23.8 Å². The summed E-state index contributed by atoms with van der Waals surface area (Å²) in [6.45, 7) is 0.801. The topological polar surface area (TPSA) is 72.6 Å². The molecule has 2 fully saturated rings. The van der Waals surface area contributed by atoms with Gasteiger partial charge in [0.25, 0.3) is 0 Å². The SMILES string of the molecule is Nc1ccc(Cl)c(S(=O)(=O)N2CCOC3CCCCC32)c1. The Morgan fingerprint density at radius 3 is 2.86 bits per heavy atom. The third-order valence-corrected chi connectivity index (χ3v) is 6.63. The van der Waals surface area contributed by atoms with Gasteiger partial charge in [-0.05, 0) is 31.0 Å². The van der Waals surface area contributed by atoms with E-state index in [0.29, 0.717) is 18.8 Å². The van der Waals surface area contributed by atoms with Gasteiger partial charge in [0.15, 0.2) is 0 Å². The zero-order valence-corrected chi connectivity index (χ0v) is 13.2. The third-order valence-electron chi connectivity index (χ3n) is 4.22. The first-order valence-corrected chi connectivity index (χ1v) is 9.00. The van der Waals surface area contributed by atoms with E-state index >= 15 is 0 Å². The Morgan fingerprint density at radius 1 is 1.29 bits per heavy atom. The highest BCUT2D eigenvalue weighted by Gasteiger charge is 2.41. The molecule has 1 saturated carbocycles. The summed E-state index contributed by atoms with van der Waals surface area (Å²) in [7, 11) is -3.64. The maximum Gasteiger partial charge on any atom is 0.245 e. The monoisotopic (exact) mass is 330 g/mol. The van der Waals surface area contributed by atoms with Gasteiger partial charge in [-0.2, -0.15) is 4.31 Å². The summed E-state index contributed by atoms with van der Waals surface area (Å²) in [4.78, 5) is 0.0930. The Balaban J connectivity index is 1.98. The van der Waals surface area contributed by atoms with Gasteiger partial charge in [0, 0.05) is 12.2 Å². The van der Waals surface area contributed by atoms with Crippen LogP contribution in [0.3, 0.4) is 0 Å². The van der Waals surface area contributed by atoms with Crippen molar-refractivity contribution < 1.29 is 13.2 Å². The summed E-state index contributed by atoms with van der Waals surface area (Å²) in [6.07, 6.45) is 3.88. The number of rotatable bonds is 2. The van der Waals surface area contributed by atoms with Crippen molar-refractivity contribution in [2.75, 3.05) is 18.9 Å². The predicted octanol–water partition coefficient (Wildman–Crippen LogP) is 2.25. The number of ether oxygens (including phenoxy) is 1. The molecular formula is C14H19ClN2O3S. The van der Waals surface area contributed by atoms with E-state index in [4.69, 9.17) is 22.1 Å². The minimum atomic E-state index is -3.64. The van der Waals surface area contributed by atoms with Crippen molar-refractivity contribution in [1.82, 2.24) is 4.31 Å².